The molecule has 0 aliphatic heterocycles. The summed E-state index contributed by atoms with van der Waals surface area (Å²) in [6.07, 6.45) is 6.22. The minimum atomic E-state index is -0.880. The highest BCUT2D eigenvalue weighted by atomic mass is 16.4. The predicted octanol–water partition coefficient (Wildman–Crippen LogP) is 1.42. The second-order valence-electron chi connectivity index (χ2n) is 5.14. The molecular weight excluding hydrogens is 246 g/mol. The molecule has 1 aromatic rings. The molecule has 2 aliphatic carbocycles. The number of carbonyl (C=O) groups excluding carboxylic acids is 1. The quantitative estimate of drug-likeness (QED) is 0.803. The van der Waals surface area contributed by atoms with Gasteiger partial charge in [-0.1, -0.05) is 12.2 Å². The Labute approximate surface area is 110 Å². The number of aliphatic carboxylic acids is 1. The van der Waals surface area contributed by atoms with Crippen molar-refractivity contribution in [3.63, 3.8) is 0 Å². The Morgan fingerprint density at radius 2 is 2.05 bits per heavy atom. The van der Waals surface area contributed by atoms with Crippen molar-refractivity contribution >= 4 is 11.9 Å². The van der Waals surface area contributed by atoms with Crippen molar-refractivity contribution in [3.8, 4) is 0 Å². The molecule has 100 valence electrons. The number of carboxylic acid groups (broad SMARTS) is 1. The number of allylic oxidation sites excluding steroid dienone is 2. The zero-order chi connectivity index (χ0) is 13.4. The summed E-state index contributed by atoms with van der Waals surface area (Å²) in [5.74, 6) is -1.40. The van der Waals surface area contributed by atoms with Crippen LogP contribution in [0.3, 0.4) is 0 Å². The Morgan fingerprint density at radius 3 is 2.68 bits per heavy atom. The van der Waals surface area contributed by atoms with E-state index in [9.17, 15) is 14.7 Å². The Bertz CT molecular complexity index is 520. The van der Waals surface area contributed by atoms with Gasteiger partial charge in [0.05, 0.1) is 24.6 Å². The second-order valence-corrected chi connectivity index (χ2v) is 5.14. The maximum atomic E-state index is 12.2. The van der Waals surface area contributed by atoms with Gasteiger partial charge in [0.2, 0.25) is 5.91 Å². The zero-order valence-corrected chi connectivity index (χ0v) is 10.3. The number of furan rings is 1. The first-order chi connectivity index (χ1) is 9.16. The molecule has 0 saturated heterocycles. The minimum absolute atomic E-state index is 0.00172. The van der Waals surface area contributed by atoms with E-state index in [4.69, 9.17) is 4.42 Å². The van der Waals surface area contributed by atoms with E-state index >= 15 is 0 Å². The van der Waals surface area contributed by atoms with Crippen LogP contribution in [-0.4, -0.2) is 17.0 Å². The number of carboxylic acids is 1. The highest BCUT2D eigenvalue weighted by Crippen LogP contribution is 2.48. The molecule has 1 aromatic heterocycles. The molecule has 2 aliphatic rings. The van der Waals surface area contributed by atoms with Gasteiger partial charge >= 0.3 is 5.97 Å². The first-order valence-corrected chi connectivity index (χ1v) is 6.38. The van der Waals surface area contributed by atoms with Crippen LogP contribution in [0.2, 0.25) is 0 Å². The van der Waals surface area contributed by atoms with Crippen LogP contribution < -0.4 is 5.32 Å². The molecule has 1 amide bonds. The minimum Gasteiger partial charge on any atom is -0.481 e. The van der Waals surface area contributed by atoms with Crippen LogP contribution in [0, 0.1) is 23.7 Å². The highest BCUT2D eigenvalue weighted by Gasteiger charge is 2.51. The number of fused-ring (bicyclic) bond motifs is 2. The van der Waals surface area contributed by atoms with Crippen molar-refractivity contribution in [1.29, 1.82) is 0 Å². The third-order valence-corrected chi connectivity index (χ3v) is 4.06. The molecule has 3 rings (SSSR count). The summed E-state index contributed by atoms with van der Waals surface area (Å²) in [4.78, 5) is 23.5. The number of hydrogen-bond acceptors (Lipinski definition) is 3. The van der Waals surface area contributed by atoms with E-state index in [1.165, 1.54) is 0 Å². The number of amides is 1. The van der Waals surface area contributed by atoms with Gasteiger partial charge in [-0.05, 0) is 30.4 Å². The van der Waals surface area contributed by atoms with Crippen molar-refractivity contribution < 1.29 is 19.1 Å². The Kier molecular flexibility index (Phi) is 2.89. The molecule has 2 N–H and O–H groups in total. The molecule has 0 spiro atoms. The highest BCUT2D eigenvalue weighted by molar-refractivity contribution is 5.86. The predicted molar refractivity (Wildman–Crippen MR) is 65.9 cm³/mol. The van der Waals surface area contributed by atoms with Gasteiger partial charge in [0.25, 0.3) is 0 Å². The topological polar surface area (TPSA) is 79.5 Å². The lowest BCUT2D eigenvalue weighted by molar-refractivity contribution is -0.147. The van der Waals surface area contributed by atoms with E-state index in [0.29, 0.717) is 12.3 Å². The average molecular weight is 261 g/mol. The van der Waals surface area contributed by atoms with Crippen LogP contribution in [0.25, 0.3) is 0 Å². The van der Waals surface area contributed by atoms with Gasteiger partial charge in [0, 0.05) is 0 Å². The molecule has 0 aromatic carbocycles. The number of hydrogen-bond donors (Lipinski definition) is 2. The fraction of sp³-hybridized carbons (Fsp3) is 0.429. The summed E-state index contributed by atoms with van der Waals surface area (Å²) in [6.45, 7) is 0.301. The zero-order valence-electron chi connectivity index (χ0n) is 10.3. The lowest BCUT2D eigenvalue weighted by Gasteiger charge is -2.23. The van der Waals surface area contributed by atoms with Gasteiger partial charge in [-0.2, -0.15) is 0 Å². The average Bonchev–Trinajstić information content (AvgIpc) is 3.10. The molecule has 1 fully saturated rings. The van der Waals surface area contributed by atoms with Crippen molar-refractivity contribution in [3.05, 3.63) is 36.3 Å². The van der Waals surface area contributed by atoms with E-state index in [1.54, 1.807) is 18.4 Å². The lowest BCUT2D eigenvalue weighted by atomic mass is 9.82. The number of nitrogens with one attached hydrogen (secondary N) is 1. The van der Waals surface area contributed by atoms with Gasteiger partial charge in [-0.15, -0.1) is 0 Å². The lowest BCUT2D eigenvalue weighted by Crippen LogP contribution is -2.39. The van der Waals surface area contributed by atoms with Crippen LogP contribution >= 0.6 is 0 Å². The summed E-state index contributed by atoms with van der Waals surface area (Å²) in [5, 5.41) is 12.0. The maximum absolute atomic E-state index is 12.2. The van der Waals surface area contributed by atoms with Gasteiger partial charge in [0.1, 0.15) is 5.76 Å². The third-order valence-electron chi connectivity index (χ3n) is 4.06. The van der Waals surface area contributed by atoms with Crippen molar-refractivity contribution in [1.82, 2.24) is 5.32 Å². The fourth-order valence-corrected chi connectivity index (χ4v) is 3.22. The van der Waals surface area contributed by atoms with Gasteiger partial charge in [-0.25, -0.2) is 0 Å². The standard InChI is InChI=1S/C14H15NO4/c16-13(15-7-10-2-1-5-19-10)11-8-3-4-9(6-8)12(11)14(17)18/h1-5,8-9,11-12H,6-7H2,(H,15,16)(H,17,18)/t8-,9+,11+,12+/m1/s1. The number of rotatable bonds is 4. The molecule has 2 bridgehead atoms. The molecule has 1 saturated carbocycles. The van der Waals surface area contributed by atoms with Crippen molar-refractivity contribution in [2.75, 3.05) is 0 Å². The molecule has 19 heavy (non-hydrogen) atoms. The molecule has 5 nitrogen and oxygen atoms in total. The SMILES string of the molecule is O=C(NCc1ccco1)[C@@H]1[C@@H](C(=O)O)[C@H]2C=C[C@@H]1C2. The molecule has 0 unspecified atom stereocenters. The molecule has 0 radical (unpaired) electrons. The summed E-state index contributed by atoms with van der Waals surface area (Å²) in [7, 11) is 0. The van der Waals surface area contributed by atoms with Crippen LogP contribution in [-0.2, 0) is 16.1 Å². The fourth-order valence-electron chi connectivity index (χ4n) is 3.22. The van der Waals surface area contributed by atoms with E-state index in [0.717, 1.165) is 6.42 Å². The first-order valence-electron chi connectivity index (χ1n) is 6.38. The van der Waals surface area contributed by atoms with E-state index in [-0.39, 0.29) is 17.7 Å². The van der Waals surface area contributed by atoms with Gasteiger partial charge in [-0.3, -0.25) is 9.59 Å². The summed E-state index contributed by atoms with van der Waals surface area (Å²) in [5.41, 5.74) is 0. The molecule has 5 heteroatoms. The van der Waals surface area contributed by atoms with Crippen LogP contribution in [0.15, 0.2) is 35.0 Å². The molecule has 4 atom stereocenters. The van der Waals surface area contributed by atoms with Crippen LogP contribution in [0.1, 0.15) is 12.2 Å². The summed E-state index contributed by atoms with van der Waals surface area (Å²) in [6, 6.07) is 3.53. The molecule has 1 heterocycles. The van der Waals surface area contributed by atoms with Crippen LogP contribution in [0.5, 0.6) is 0 Å². The van der Waals surface area contributed by atoms with Gasteiger partial charge < -0.3 is 14.8 Å². The van der Waals surface area contributed by atoms with Crippen molar-refractivity contribution in [2.24, 2.45) is 23.7 Å². The normalized spacial score (nSPS) is 31.6. The molecular formula is C14H15NO4. The number of carbonyl (C=O) groups is 2. The smallest absolute Gasteiger partial charge is 0.307 e. The van der Waals surface area contributed by atoms with E-state index < -0.39 is 17.8 Å². The van der Waals surface area contributed by atoms with Crippen LogP contribution in [0.4, 0.5) is 0 Å². The Balaban J connectivity index is 1.68. The Hall–Kier alpha value is -2.04. The van der Waals surface area contributed by atoms with E-state index in [1.807, 2.05) is 12.2 Å². The summed E-state index contributed by atoms with van der Waals surface area (Å²) < 4.78 is 5.14. The van der Waals surface area contributed by atoms with E-state index in [2.05, 4.69) is 5.32 Å². The second kappa shape index (κ2) is 4.57. The first kappa shape index (κ1) is 12.0. The monoisotopic (exact) mass is 261 g/mol. The van der Waals surface area contributed by atoms with Gasteiger partial charge in [0.15, 0.2) is 0 Å². The largest absolute Gasteiger partial charge is 0.481 e. The van der Waals surface area contributed by atoms with Crippen molar-refractivity contribution in [2.45, 2.75) is 13.0 Å². The maximum Gasteiger partial charge on any atom is 0.307 e. The third kappa shape index (κ3) is 2.05. The summed E-state index contributed by atoms with van der Waals surface area (Å²) >= 11 is 0. The Morgan fingerprint density at radius 1 is 1.32 bits per heavy atom.